The Kier molecular flexibility index (Phi) is 11.3. The van der Waals surface area contributed by atoms with E-state index in [0.717, 1.165) is 31.9 Å². The molecule has 5 nitrogen and oxygen atoms in total. The van der Waals surface area contributed by atoms with Crippen molar-refractivity contribution in [1.29, 1.82) is 0 Å². The van der Waals surface area contributed by atoms with Crippen molar-refractivity contribution in [2.45, 2.75) is 59.9 Å². The minimum Gasteiger partial charge on any atom is -0.356 e. The van der Waals surface area contributed by atoms with Crippen LogP contribution in [-0.2, 0) is 26.4 Å². The normalized spacial score (nSPS) is 11.5. The topological polar surface area (TPSA) is 54.2 Å². The molecule has 0 unspecified atom stereocenters. The maximum atomic E-state index is 4.62. The summed E-state index contributed by atoms with van der Waals surface area (Å²) in [5.74, 6) is 1.58. The third kappa shape index (κ3) is 6.31. The quantitative estimate of drug-likeness (QED) is 0.375. The van der Waals surface area contributed by atoms with Crippen LogP contribution < -0.4 is 10.6 Å². The summed E-state index contributed by atoms with van der Waals surface area (Å²) in [5.41, 5.74) is 3.81. The summed E-state index contributed by atoms with van der Waals surface area (Å²) in [5, 5.41) is 11.5. The van der Waals surface area contributed by atoms with Crippen LogP contribution in [0.4, 0.5) is 0 Å². The first-order valence-electron chi connectivity index (χ1n) is 8.59. The van der Waals surface area contributed by atoms with Crippen molar-refractivity contribution in [2.24, 2.45) is 18.0 Å². The standard InChI is InChI=1S/C17H33N5.HI/c1-7-13(8-2)11-19-17(18-5)20-12-14-15(9-3)21-22(6)16(14)10-4;/h13H,7-12H2,1-6H3,(H2,18,19,20);1H. The third-order valence-corrected chi connectivity index (χ3v) is 4.40. The number of rotatable bonds is 8. The molecule has 6 heteroatoms. The molecule has 0 spiro atoms. The molecular weight excluding hydrogens is 401 g/mol. The van der Waals surface area contributed by atoms with Crippen molar-refractivity contribution >= 4 is 29.9 Å². The number of aromatic nitrogens is 2. The average Bonchev–Trinajstić information content (AvgIpc) is 2.85. The molecule has 1 heterocycles. The average molecular weight is 435 g/mol. The predicted molar refractivity (Wildman–Crippen MR) is 110 cm³/mol. The zero-order valence-electron chi connectivity index (χ0n) is 15.6. The fourth-order valence-electron chi connectivity index (χ4n) is 2.81. The summed E-state index contributed by atoms with van der Waals surface area (Å²) in [7, 11) is 3.86. The van der Waals surface area contributed by atoms with Gasteiger partial charge in [0.25, 0.3) is 0 Å². The summed E-state index contributed by atoms with van der Waals surface area (Å²) in [6.07, 6.45) is 4.36. The zero-order chi connectivity index (χ0) is 16.5. The molecule has 1 rings (SSSR count). The van der Waals surface area contributed by atoms with Gasteiger partial charge in [-0.2, -0.15) is 5.10 Å². The molecule has 0 radical (unpaired) electrons. The van der Waals surface area contributed by atoms with E-state index >= 15 is 0 Å². The SMILES string of the molecule is CCc1nn(C)c(CC)c1CNC(=NC)NCC(CC)CC.I. The van der Waals surface area contributed by atoms with Gasteiger partial charge in [-0.1, -0.05) is 40.5 Å². The fourth-order valence-corrected chi connectivity index (χ4v) is 2.81. The number of hydrogen-bond donors (Lipinski definition) is 2. The van der Waals surface area contributed by atoms with Crippen LogP contribution in [0.2, 0.25) is 0 Å². The van der Waals surface area contributed by atoms with Crippen LogP contribution in [0.5, 0.6) is 0 Å². The predicted octanol–water partition coefficient (Wildman–Crippen LogP) is 3.26. The van der Waals surface area contributed by atoms with E-state index in [4.69, 9.17) is 0 Å². The molecule has 1 aromatic heterocycles. The van der Waals surface area contributed by atoms with E-state index in [1.165, 1.54) is 29.8 Å². The highest BCUT2D eigenvalue weighted by Gasteiger charge is 2.14. The largest absolute Gasteiger partial charge is 0.356 e. The highest BCUT2D eigenvalue weighted by Crippen LogP contribution is 2.15. The van der Waals surface area contributed by atoms with Crippen LogP contribution in [-0.4, -0.2) is 29.3 Å². The Labute approximate surface area is 158 Å². The van der Waals surface area contributed by atoms with Crippen LogP contribution in [0.1, 0.15) is 57.5 Å². The number of halogens is 1. The number of nitrogens with zero attached hydrogens (tertiary/aromatic N) is 3. The molecular formula is C17H34IN5. The van der Waals surface area contributed by atoms with Gasteiger partial charge < -0.3 is 10.6 Å². The number of aliphatic imine (C=N–C) groups is 1. The monoisotopic (exact) mass is 435 g/mol. The van der Waals surface area contributed by atoms with Crippen molar-refractivity contribution in [3.63, 3.8) is 0 Å². The van der Waals surface area contributed by atoms with Crippen LogP contribution in [0.3, 0.4) is 0 Å². The summed E-state index contributed by atoms with van der Waals surface area (Å²) >= 11 is 0. The molecule has 0 aliphatic heterocycles. The molecule has 0 amide bonds. The van der Waals surface area contributed by atoms with E-state index in [2.05, 4.69) is 48.4 Å². The minimum atomic E-state index is 0. The maximum absolute atomic E-state index is 4.62. The molecule has 0 aromatic carbocycles. The highest BCUT2D eigenvalue weighted by atomic mass is 127. The van der Waals surface area contributed by atoms with Crippen LogP contribution in [0.25, 0.3) is 0 Å². The van der Waals surface area contributed by atoms with Crippen molar-refractivity contribution in [3.05, 3.63) is 17.0 Å². The van der Waals surface area contributed by atoms with Gasteiger partial charge in [0.1, 0.15) is 0 Å². The van der Waals surface area contributed by atoms with Gasteiger partial charge in [0.05, 0.1) is 5.69 Å². The van der Waals surface area contributed by atoms with E-state index < -0.39 is 0 Å². The molecule has 0 aliphatic carbocycles. The van der Waals surface area contributed by atoms with Crippen LogP contribution >= 0.6 is 24.0 Å². The first-order valence-corrected chi connectivity index (χ1v) is 8.59. The van der Waals surface area contributed by atoms with E-state index in [9.17, 15) is 0 Å². The third-order valence-electron chi connectivity index (χ3n) is 4.40. The lowest BCUT2D eigenvalue weighted by Crippen LogP contribution is -2.39. The minimum absolute atomic E-state index is 0. The Morgan fingerprint density at radius 3 is 2.26 bits per heavy atom. The van der Waals surface area contributed by atoms with Crippen molar-refractivity contribution < 1.29 is 0 Å². The van der Waals surface area contributed by atoms with E-state index in [-0.39, 0.29) is 24.0 Å². The first kappa shape index (κ1) is 22.2. The van der Waals surface area contributed by atoms with E-state index in [0.29, 0.717) is 5.92 Å². The summed E-state index contributed by atoms with van der Waals surface area (Å²) in [4.78, 5) is 4.33. The number of guanidine groups is 1. The second-order valence-corrected chi connectivity index (χ2v) is 5.69. The number of aryl methyl sites for hydroxylation is 2. The van der Waals surface area contributed by atoms with Gasteiger partial charge >= 0.3 is 0 Å². The number of nitrogens with one attached hydrogen (secondary N) is 2. The van der Waals surface area contributed by atoms with Gasteiger partial charge in [-0.3, -0.25) is 9.67 Å². The number of hydrogen-bond acceptors (Lipinski definition) is 2. The lowest BCUT2D eigenvalue weighted by Gasteiger charge is -2.17. The lowest BCUT2D eigenvalue weighted by atomic mass is 10.0. The van der Waals surface area contributed by atoms with Gasteiger partial charge in [0, 0.05) is 38.4 Å². The Morgan fingerprint density at radius 1 is 1.13 bits per heavy atom. The molecule has 0 fully saturated rings. The van der Waals surface area contributed by atoms with Crippen LogP contribution in [0.15, 0.2) is 4.99 Å². The summed E-state index contributed by atoms with van der Waals surface area (Å²) in [6, 6.07) is 0. The van der Waals surface area contributed by atoms with Crippen molar-refractivity contribution in [3.8, 4) is 0 Å². The molecule has 0 saturated carbocycles. The Bertz CT molecular complexity index is 478. The van der Waals surface area contributed by atoms with Gasteiger partial charge in [-0.05, 0) is 18.8 Å². The second kappa shape index (κ2) is 11.7. The van der Waals surface area contributed by atoms with Gasteiger partial charge in [-0.25, -0.2) is 0 Å². The molecule has 2 N–H and O–H groups in total. The van der Waals surface area contributed by atoms with Gasteiger partial charge in [0.2, 0.25) is 0 Å². The van der Waals surface area contributed by atoms with E-state index in [1.807, 2.05) is 18.8 Å². The smallest absolute Gasteiger partial charge is 0.191 e. The Hall–Kier alpha value is -0.790. The molecule has 134 valence electrons. The maximum Gasteiger partial charge on any atom is 0.191 e. The molecule has 0 bridgehead atoms. The zero-order valence-corrected chi connectivity index (χ0v) is 17.9. The van der Waals surface area contributed by atoms with Gasteiger partial charge in [0.15, 0.2) is 5.96 Å². The molecule has 0 saturated heterocycles. The highest BCUT2D eigenvalue weighted by molar-refractivity contribution is 14.0. The molecule has 0 atom stereocenters. The van der Waals surface area contributed by atoms with E-state index in [1.54, 1.807) is 0 Å². The summed E-state index contributed by atoms with van der Waals surface area (Å²) in [6.45, 7) is 10.6. The fraction of sp³-hybridized carbons (Fsp3) is 0.765. The van der Waals surface area contributed by atoms with Crippen LogP contribution in [0, 0.1) is 5.92 Å². The van der Waals surface area contributed by atoms with Crippen molar-refractivity contribution in [1.82, 2.24) is 20.4 Å². The Morgan fingerprint density at radius 2 is 1.78 bits per heavy atom. The Balaban J connectivity index is 0.00000484. The molecule has 1 aromatic rings. The summed E-state index contributed by atoms with van der Waals surface area (Å²) < 4.78 is 2.01. The van der Waals surface area contributed by atoms with Crippen molar-refractivity contribution in [2.75, 3.05) is 13.6 Å². The lowest BCUT2D eigenvalue weighted by molar-refractivity contribution is 0.481. The first-order chi connectivity index (χ1) is 10.6. The van der Waals surface area contributed by atoms with Gasteiger partial charge in [-0.15, -0.1) is 24.0 Å². The molecule has 0 aliphatic rings. The second-order valence-electron chi connectivity index (χ2n) is 5.69. The molecule has 23 heavy (non-hydrogen) atoms.